The van der Waals surface area contributed by atoms with Gasteiger partial charge in [0.05, 0.1) is 0 Å². The molecule has 2 nitrogen and oxygen atoms in total. The van der Waals surface area contributed by atoms with Crippen LogP contribution in [-0.2, 0) is 0 Å². The quantitative estimate of drug-likeness (QED) is 0.464. The molecule has 0 saturated carbocycles. The molecular weight excluding hydrogens is 240 g/mol. The van der Waals surface area contributed by atoms with E-state index in [9.17, 15) is 0 Å². The van der Waals surface area contributed by atoms with E-state index in [0.717, 1.165) is 5.92 Å². The van der Waals surface area contributed by atoms with Crippen LogP contribution in [0.25, 0.3) is 0 Å². The van der Waals surface area contributed by atoms with Gasteiger partial charge in [0.15, 0.2) is 0 Å². The third kappa shape index (κ3) is 4.60. The minimum atomic E-state index is 0.441. The highest BCUT2D eigenvalue weighted by Gasteiger charge is 2.21. The Morgan fingerprint density at radius 3 is 2.78 bits per heavy atom. The van der Waals surface area contributed by atoms with Gasteiger partial charge < -0.3 is 0 Å². The molecule has 1 atom stereocenters. The van der Waals surface area contributed by atoms with Gasteiger partial charge in [-0.25, -0.2) is 0 Å². The smallest absolute Gasteiger partial charge is 0.0422 e. The molecule has 2 aliphatic rings. The zero-order chi connectivity index (χ0) is 12.6. The van der Waals surface area contributed by atoms with Crippen molar-refractivity contribution in [3.63, 3.8) is 0 Å². The fraction of sp³-hybridized carbons (Fsp3) is 0.867. The molecule has 3 N–H and O–H groups in total. The standard InChI is InChI=1S/C15H28N2S/c16-17-15(12-13-8-10-18-11-9-13)14-6-4-2-1-3-5-7-14/h6,13,15,17H,1-5,7-12,16H2. The summed E-state index contributed by atoms with van der Waals surface area (Å²) >= 11 is 2.11. The summed E-state index contributed by atoms with van der Waals surface area (Å²) in [6, 6.07) is 0.441. The second-order valence-electron chi connectivity index (χ2n) is 5.74. The highest BCUT2D eigenvalue weighted by atomic mass is 32.2. The summed E-state index contributed by atoms with van der Waals surface area (Å²) in [4.78, 5) is 0. The third-order valence-electron chi connectivity index (χ3n) is 4.38. The number of thioether (sulfide) groups is 1. The molecule has 1 fully saturated rings. The maximum atomic E-state index is 5.81. The van der Waals surface area contributed by atoms with Crippen LogP contribution in [0.5, 0.6) is 0 Å². The molecule has 0 spiro atoms. The predicted octanol–water partition coefficient (Wildman–Crippen LogP) is 3.63. The van der Waals surface area contributed by atoms with Gasteiger partial charge in [-0.3, -0.25) is 11.3 Å². The molecule has 0 amide bonds. The van der Waals surface area contributed by atoms with Crippen LogP contribution >= 0.6 is 11.8 Å². The lowest BCUT2D eigenvalue weighted by molar-refractivity contribution is 0.385. The molecule has 1 unspecified atom stereocenters. The van der Waals surface area contributed by atoms with Gasteiger partial charge in [-0.15, -0.1) is 0 Å². The first-order valence-electron chi connectivity index (χ1n) is 7.63. The molecule has 0 radical (unpaired) electrons. The molecule has 1 aliphatic carbocycles. The maximum absolute atomic E-state index is 5.81. The van der Waals surface area contributed by atoms with Gasteiger partial charge >= 0.3 is 0 Å². The monoisotopic (exact) mass is 268 g/mol. The average molecular weight is 268 g/mol. The van der Waals surface area contributed by atoms with Crippen LogP contribution in [0.4, 0.5) is 0 Å². The summed E-state index contributed by atoms with van der Waals surface area (Å²) in [7, 11) is 0. The van der Waals surface area contributed by atoms with Crippen LogP contribution in [0.1, 0.15) is 57.8 Å². The average Bonchev–Trinajstić information content (AvgIpc) is 2.37. The third-order valence-corrected chi connectivity index (χ3v) is 5.43. The topological polar surface area (TPSA) is 38.0 Å². The van der Waals surface area contributed by atoms with Crippen LogP contribution in [-0.4, -0.2) is 17.5 Å². The Morgan fingerprint density at radius 2 is 2.00 bits per heavy atom. The second kappa shape index (κ2) is 8.23. The van der Waals surface area contributed by atoms with Crippen molar-refractivity contribution in [2.75, 3.05) is 11.5 Å². The van der Waals surface area contributed by atoms with Crippen molar-refractivity contribution >= 4 is 11.8 Å². The van der Waals surface area contributed by atoms with Crippen molar-refractivity contribution in [1.29, 1.82) is 0 Å². The van der Waals surface area contributed by atoms with Crippen LogP contribution in [0.2, 0.25) is 0 Å². The predicted molar refractivity (Wildman–Crippen MR) is 81.6 cm³/mol. The number of hydrazine groups is 1. The zero-order valence-corrected chi connectivity index (χ0v) is 12.3. The number of hydrogen-bond donors (Lipinski definition) is 2. The Morgan fingerprint density at radius 1 is 1.22 bits per heavy atom. The van der Waals surface area contributed by atoms with Crippen molar-refractivity contribution in [3.8, 4) is 0 Å². The Balaban J connectivity index is 1.88. The first-order valence-corrected chi connectivity index (χ1v) is 8.78. The largest absolute Gasteiger partial charge is 0.271 e. The second-order valence-corrected chi connectivity index (χ2v) is 6.97. The Labute approximate surface area is 116 Å². The molecule has 1 saturated heterocycles. The molecule has 1 heterocycles. The number of nitrogens with two attached hydrogens (primary N) is 1. The molecule has 0 bridgehead atoms. The lowest BCUT2D eigenvalue weighted by atomic mass is 9.87. The number of hydrogen-bond acceptors (Lipinski definition) is 3. The molecule has 0 aromatic rings. The van der Waals surface area contributed by atoms with Gasteiger partial charge in [-0.1, -0.05) is 24.5 Å². The van der Waals surface area contributed by atoms with Crippen molar-refractivity contribution < 1.29 is 0 Å². The minimum Gasteiger partial charge on any atom is -0.271 e. The molecule has 2 rings (SSSR count). The van der Waals surface area contributed by atoms with Gasteiger partial charge in [0, 0.05) is 6.04 Å². The van der Waals surface area contributed by atoms with Gasteiger partial charge in [-0.2, -0.15) is 11.8 Å². The summed E-state index contributed by atoms with van der Waals surface area (Å²) in [5.74, 6) is 9.40. The van der Waals surface area contributed by atoms with E-state index in [1.807, 2.05) is 0 Å². The van der Waals surface area contributed by atoms with E-state index in [2.05, 4.69) is 23.3 Å². The fourth-order valence-corrected chi connectivity index (χ4v) is 4.38. The molecule has 0 aromatic carbocycles. The Hall–Kier alpha value is 0.01000. The lowest BCUT2D eigenvalue weighted by Crippen LogP contribution is -2.38. The zero-order valence-electron chi connectivity index (χ0n) is 11.5. The van der Waals surface area contributed by atoms with Gasteiger partial charge in [0.1, 0.15) is 0 Å². The number of rotatable bonds is 4. The molecular formula is C15H28N2S. The first kappa shape index (κ1) is 14.4. The lowest BCUT2D eigenvalue weighted by Gasteiger charge is -2.28. The van der Waals surface area contributed by atoms with Crippen molar-refractivity contribution in [2.45, 2.75) is 63.8 Å². The van der Waals surface area contributed by atoms with E-state index in [4.69, 9.17) is 5.84 Å². The maximum Gasteiger partial charge on any atom is 0.0422 e. The minimum absolute atomic E-state index is 0.441. The van der Waals surface area contributed by atoms with E-state index in [0.29, 0.717) is 6.04 Å². The highest BCUT2D eigenvalue weighted by Crippen LogP contribution is 2.29. The number of allylic oxidation sites excluding steroid dienone is 1. The van der Waals surface area contributed by atoms with Crippen LogP contribution in [0.15, 0.2) is 11.6 Å². The molecule has 1 aliphatic heterocycles. The van der Waals surface area contributed by atoms with Crippen molar-refractivity contribution in [1.82, 2.24) is 5.43 Å². The molecule has 0 aromatic heterocycles. The SMILES string of the molecule is NNC(CC1CCSCC1)C1=CCCCCCC1. The summed E-state index contributed by atoms with van der Waals surface area (Å²) in [5, 5.41) is 0. The van der Waals surface area contributed by atoms with E-state index < -0.39 is 0 Å². The summed E-state index contributed by atoms with van der Waals surface area (Å²) in [6.07, 6.45) is 14.5. The van der Waals surface area contributed by atoms with Gasteiger partial charge in [0.25, 0.3) is 0 Å². The van der Waals surface area contributed by atoms with E-state index in [1.165, 1.54) is 69.3 Å². The molecule has 3 heteroatoms. The van der Waals surface area contributed by atoms with Crippen LogP contribution < -0.4 is 11.3 Å². The summed E-state index contributed by atoms with van der Waals surface area (Å²) in [6.45, 7) is 0. The van der Waals surface area contributed by atoms with Crippen LogP contribution in [0.3, 0.4) is 0 Å². The summed E-state index contributed by atoms with van der Waals surface area (Å²) in [5.41, 5.74) is 4.69. The van der Waals surface area contributed by atoms with Crippen molar-refractivity contribution in [3.05, 3.63) is 11.6 Å². The Kier molecular flexibility index (Phi) is 6.60. The highest BCUT2D eigenvalue weighted by molar-refractivity contribution is 7.99. The van der Waals surface area contributed by atoms with Gasteiger partial charge in [-0.05, 0) is 62.4 Å². The molecule has 104 valence electrons. The summed E-state index contributed by atoms with van der Waals surface area (Å²) < 4.78 is 0. The fourth-order valence-electron chi connectivity index (χ4n) is 3.17. The number of nitrogens with one attached hydrogen (secondary N) is 1. The Bertz CT molecular complexity index is 259. The van der Waals surface area contributed by atoms with E-state index in [-0.39, 0.29) is 0 Å². The molecule has 18 heavy (non-hydrogen) atoms. The van der Waals surface area contributed by atoms with E-state index in [1.54, 1.807) is 5.57 Å². The van der Waals surface area contributed by atoms with Gasteiger partial charge in [0.2, 0.25) is 0 Å². The van der Waals surface area contributed by atoms with Crippen molar-refractivity contribution in [2.24, 2.45) is 11.8 Å². The first-order chi connectivity index (χ1) is 8.90. The van der Waals surface area contributed by atoms with E-state index >= 15 is 0 Å². The van der Waals surface area contributed by atoms with Crippen LogP contribution in [0, 0.1) is 5.92 Å². The normalized spacial score (nSPS) is 25.1.